The van der Waals surface area contributed by atoms with Gasteiger partial charge < -0.3 is 10.6 Å². The van der Waals surface area contributed by atoms with Crippen LogP contribution in [0, 0.1) is 5.92 Å². The molecular formula is C13H26N2OS. The van der Waals surface area contributed by atoms with E-state index in [1.807, 2.05) is 16.7 Å². The molecule has 1 saturated heterocycles. The number of thioether (sulfide) groups is 1. The first kappa shape index (κ1) is 14.8. The molecule has 1 heterocycles. The van der Waals surface area contributed by atoms with Gasteiger partial charge in [-0.25, -0.2) is 0 Å². The lowest BCUT2D eigenvalue weighted by molar-refractivity contribution is -0.131. The molecule has 0 aromatic heterocycles. The second-order valence-corrected chi connectivity index (χ2v) is 7.45. The molecule has 1 rings (SSSR count). The number of hydrogen-bond donors (Lipinski definition) is 1. The van der Waals surface area contributed by atoms with Crippen molar-refractivity contribution in [1.82, 2.24) is 4.90 Å². The van der Waals surface area contributed by atoms with Gasteiger partial charge in [-0.1, -0.05) is 6.92 Å². The van der Waals surface area contributed by atoms with Gasteiger partial charge in [0.05, 0.1) is 0 Å². The molecule has 0 spiro atoms. The van der Waals surface area contributed by atoms with Gasteiger partial charge in [0.25, 0.3) is 0 Å². The summed E-state index contributed by atoms with van der Waals surface area (Å²) in [5, 5.41) is 0. The molecule has 3 nitrogen and oxygen atoms in total. The zero-order chi connectivity index (χ0) is 12.9. The number of rotatable bonds is 5. The molecule has 0 aromatic rings. The second kappa shape index (κ2) is 6.64. The van der Waals surface area contributed by atoms with Gasteiger partial charge in [-0.3, -0.25) is 4.79 Å². The maximum Gasteiger partial charge on any atom is 0.222 e. The van der Waals surface area contributed by atoms with E-state index < -0.39 is 0 Å². The Balaban J connectivity index is 2.32. The first-order valence-electron chi connectivity index (χ1n) is 6.56. The standard InChI is InChI=1S/C13H26N2OS/c1-11(6-7-14)4-5-12(16)15-8-9-17-13(2,3)10-15/h11H,4-10,14H2,1-3H3. The van der Waals surface area contributed by atoms with Gasteiger partial charge in [0, 0.05) is 30.0 Å². The number of carbonyl (C=O) groups is 1. The molecule has 17 heavy (non-hydrogen) atoms. The molecule has 100 valence electrons. The van der Waals surface area contributed by atoms with Gasteiger partial charge in [0.2, 0.25) is 5.91 Å². The van der Waals surface area contributed by atoms with E-state index in [2.05, 4.69) is 20.8 Å². The van der Waals surface area contributed by atoms with Crippen LogP contribution in [0.1, 0.15) is 40.0 Å². The normalized spacial score (nSPS) is 21.3. The Kier molecular flexibility index (Phi) is 5.80. The summed E-state index contributed by atoms with van der Waals surface area (Å²) in [6.45, 7) is 9.14. The van der Waals surface area contributed by atoms with E-state index in [0.29, 0.717) is 18.2 Å². The van der Waals surface area contributed by atoms with Crippen molar-refractivity contribution in [3.05, 3.63) is 0 Å². The predicted octanol–water partition coefficient (Wildman–Crippen LogP) is 2.11. The van der Waals surface area contributed by atoms with Crippen molar-refractivity contribution >= 4 is 17.7 Å². The number of amides is 1. The third-order valence-corrected chi connectivity index (χ3v) is 4.59. The summed E-state index contributed by atoms with van der Waals surface area (Å²) in [6, 6.07) is 0. The van der Waals surface area contributed by atoms with Crippen molar-refractivity contribution in [3.63, 3.8) is 0 Å². The number of nitrogens with zero attached hydrogens (tertiary/aromatic N) is 1. The van der Waals surface area contributed by atoms with Crippen molar-refractivity contribution in [2.24, 2.45) is 11.7 Å². The van der Waals surface area contributed by atoms with Gasteiger partial charge >= 0.3 is 0 Å². The van der Waals surface area contributed by atoms with Crippen LogP contribution < -0.4 is 5.73 Å². The Hall–Kier alpha value is -0.220. The van der Waals surface area contributed by atoms with Gasteiger partial charge in [-0.2, -0.15) is 11.8 Å². The van der Waals surface area contributed by atoms with Crippen LogP contribution in [0.2, 0.25) is 0 Å². The summed E-state index contributed by atoms with van der Waals surface area (Å²) < 4.78 is 0.219. The molecule has 0 radical (unpaired) electrons. The third-order valence-electron chi connectivity index (χ3n) is 3.29. The van der Waals surface area contributed by atoms with Crippen LogP contribution in [0.25, 0.3) is 0 Å². The molecule has 1 unspecified atom stereocenters. The third kappa shape index (κ3) is 5.30. The molecule has 2 N–H and O–H groups in total. The highest BCUT2D eigenvalue weighted by Crippen LogP contribution is 2.29. The van der Waals surface area contributed by atoms with Crippen molar-refractivity contribution in [1.29, 1.82) is 0 Å². The van der Waals surface area contributed by atoms with E-state index in [1.54, 1.807) is 0 Å². The fourth-order valence-corrected chi connectivity index (χ4v) is 3.30. The van der Waals surface area contributed by atoms with Crippen LogP contribution in [-0.4, -0.2) is 40.9 Å². The average molecular weight is 258 g/mol. The van der Waals surface area contributed by atoms with E-state index in [4.69, 9.17) is 5.73 Å². The van der Waals surface area contributed by atoms with Gasteiger partial charge in [-0.15, -0.1) is 0 Å². The van der Waals surface area contributed by atoms with Crippen molar-refractivity contribution in [2.75, 3.05) is 25.4 Å². The topological polar surface area (TPSA) is 46.3 Å². The summed E-state index contributed by atoms with van der Waals surface area (Å²) in [7, 11) is 0. The van der Waals surface area contributed by atoms with E-state index in [-0.39, 0.29) is 4.75 Å². The van der Waals surface area contributed by atoms with Crippen LogP contribution >= 0.6 is 11.8 Å². The summed E-state index contributed by atoms with van der Waals surface area (Å²) in [5.74, 6) is 1.95. The Labute approximate surface area is 109 Å². The highest BCUT2D eigenvalue weighted by Gasteiger charge is 2.29. The molecule has 1 fully saturated rings. The SMILES string of the molecule is CC(CCN)CCC(=O)N1CCSC(C)(C)C1. The van der Waals surface area contributed by atoms with Crippen LogP contribution in [0.15, 0.2) is 0 Å². The minimum Gasteiger partial charge on any atom is -0.341 e. The van der Waals surface area contributed by atoms with Gasteiger partial charge in [0.15, 0.2) is 0 Å². The zero-order valence-electron chi connectivity index (χ0n) is 11.4. The average Bonchev–Trinajstić information content (AvgIpc) is 2.25. The Bertz CT molecular complexity index is 256. The first-order valence-corrected chi connectivity index (χ1v) is 7.55. The monoisotopic (exact) mass is 258 g/mol. The number of nitrogens with two attached hydrogens (primary N) is 1. The zero-order valence-corrected chi connectivity index (χ0v) is 12.2. The lowest BCUT2D eigenvalue weighted by Crippen LogP contribution is -2.46. The molecule has 0 saturated carbocycles. The van der Waals surface area contributed by atoms with Crippen LogP contribution in [0.5, 0.6) is 0 Å². The molecule has 0 aliphatic carbocycles. The molecule has 0 bridgehead atoms. The quantitative estimate of drug-likeness (QED) is 0.821. The molecule has 1 amide bonds. The van der Waals surface area contributed by atoms with E-state index in [1.165, 1.54) is 0 Å². The number of hydrogen-bond acceptors (Lipinski definition) is 3. The Morgan fingerprint density at radius 1 is 1.47 bits per heavy atom. The van der Waals surface area contributed by atoms with Crippen molar-refractivity contribution in [3.8, 4) is 0 Å². The van der Waals surface area contributed by atoms with Crippen LogP contribution in [0.3, 0.4) is 0 Å². The van der Waals surface area contributed by atoms with Crippen LogP contribution in [-0.2, 0) is 4.79 Å². The summed E-state index contributed by atoms with van der Waals surface area (Å²) >= 11 is 1.96. The van der Waals surface area contributed by atoms with Crippen LogP contribution in [0.4, 0.5) is 0 Å². The lowest BCUT2D eigenvalue weighted by Gasteiger charge is -2.37. The Morgan fingerprint density at radius 2 is 2.18 bits per heavy atom. The second-order valence-electron chi connectivity index (χ2n) is 5.64. The molecular weight excluding hydrogens is 232 g/mol. The lowest BCUT2D eigenvalue weighted by atomic mass is 10.0. The molecule has 1 aliphatic rings. The minimum atomic E-state index is 0.219. The summed E-state index contributed by atoms with van der Waals surface area (Å²) in [6.07, 6.45) is 2.68. The van der Waals surface area contributed by atoms with Crippen molar-refractivity contribution in [2.45, 2.75) is 44.8 Å². The summed E-state index contributed by atoms with van der Waals surface area (Å²) in [4.78, 5) is 14.1. The molecule has 0 aromatic carbocycles. The molecule has 1 atom stereocenters. The van der Waals surface area contributed by atoms with Crippen molar-refractivity contribution < 1.29 is 4.79 Å². The highest BCUT2D eigenvalue weighted by molar-refractivity contribution is 8.00. The fourth-order valence-electron chi connectivity index (χ4n) is 2.19. The minimum absolute atomic E-state index is 0.219. The highest BCUT2D eigenvalue weighted by atomic mass is 32.2. The largest absolute Gasteiger partial charge is 0.341 e. The van der Waals surface area contributed by atoms with E-state index in [0.717, 1.165) is 38.2 Å². The summed E-state index contributed by atoms with van der Waals surface area (Å²) in [5.41, 5.74) is 5.52. The van der Waals surface area contributed by atoms with E-state index in [9.17, 15) is 4.79 Å². The Morgan fingerprint density at radius 3 is 2.76 bits per heavy atom. The predicted molar refractivity (Wildman–Crippen MR) is 75.2 cm³/mol. The smallest absolute Gasteiger partial charge is 0.222 e. The maximum absolute atomic E-state index is 12.1. The first-order chi connectivity index (χ1) is 7.94. The fraction of sp³-hybridized carbons (Fsp3) is 0.923. The maximum atomic E-state index is 12.1. The van der Waals surface area contributed by atoms with Gasteiger partial charge in [-0.05, 0) is 39.2 Å². The molecule has 1 aliphatic heterocycles. The number of carbonyl (C=O) groups excluding carboxylic acids is 1. The van der Waals surface area contributed by atoms with Gasteiger partial charge in [0.1, 0.15) is 0 Å². The van der Waals surface area contributed by atoms with E-state index >= 15 is 0 Å². The molecule has 4 heteroatoms.